The number of ether oxygens (including phenoxy) is 1. The summed E-state index contributed by atoms with van der Waals surface area (Å²) in [5, 5.41) is 8.86. The van der Waals surface area contributed by atoms with Gasteiger partial charge in [0.1, 0.15) is 11.9 Å². The lowest BCUT2D eigenvalue weighted by Crippen LogP contribution is -2.37. The summed E-state index contributed by atoms with van der Waals surface area (Å²) >= 11 is 0. The summed E-state index contributed by atoms with van der Waals surface area (Å²) in [6.45, 7) is 2.75. The summed E-state index contributed by atoms with van der Waals surface area (Å²) in [6.07, 6.45) is 1.54. The van der Waals surface area contributed by atoms with Crippen molar-refractivity contribution in [2.45, 2.75) is 25.8 Å². The van der Waals surface area contributed by atoms with Gasteiger partial charge in [0.15, 0.2) is 0 Å². The van der Waals surface area contributed by atoms with E-state index in [1.807, 2.05) is 11.0 Å². The fraction of sp³-hybridized carbons (Fsp3) is 0.429. The Morgan fingerprint density at radius 2 is 2.37 bits per heavy atom. The van der Waals surface area contributed by atoms with Gasteiger partial charge in [0.25, 0.3) is 0 Å². The van der Waals surface area contributed by atoms with Gasteiger partial charge in [0.2, 0.25) is 0 Å². The van der Waals surface area contributed by atoms with E-state index in [1.54, 1.807) is 13.0 Å². The fourth-order valence-corrected chi connectivity index (χ4v) is 2.36. The maximum Gasteiger partial charge on any atom is 0.328 e. The number of carbonyl (C=O) groups is 1. The summed E-state index contributed by atoms with van der Waals surface area (Å²) in [4.78, 5) is 13.7. The van der Waals surface area contributed by atoms with E-state index in [0.29, 0.717) is 25.3 Å². The molecule has 1 aliphatic heterocycles. The van der Waals surface area contributed by atoms with Gasteiger partial charge in [-0.25, -0.2) is 9.18 Å². The Balaban J connectivity index is 2.27. The van der Waals surface area contributed by atoms with Crippen LogP contribution in [0.5, 0.6) is 0 Å². The van der Waals surface area contributed by atoms with Crippen LogP contribution < -0.4 is 4.90 Å². The molecule has 1 saturated heterocycles. The van der Waals surface area contributed by atoms with Crippen LogP contribution in [0.4, 0.5) is 10.1 Å². The molecule has 0 N–H and O–H groups in total. The topological polar surface area (TPSA) is 53.3 Å². The highest BCUT2D eigenvalue weighted by molar-refractivity contribution is 5.81. The molecule has 1 unspecified atom stereocenters. The molecular weight excluding hydrogens is 247 g/mol. The third kappa shape index (κ3) is 2.84. The Hall–Kier alpha value is -2.09. The van der Waals surface area contributed by atoms with E-state index in [1.165, 1.54) is 12.1 Å². The Kier molecular flexibility index (Phi) is 4.00. The first-order chi connectivity index (χ1) is 9.15. The number of hydrogen-bond donors (Lipinski definition) is 0. The monoisotopic (exact) mass is 262 g/mol. The predicted molar refractivity (Wildman–Crippen MR) is 68.1 cm³/mol. The zero-order valence-electron chi connectivity index (χ0n) is 10.7. The van der Waals surface area contributed by atoms with Gasteiger partial charge in [-0.3, -0.25) is 0 Å². The highest BCUT2D eigenvalue weighted by atomic mass is 19.1. The lowest BCUT2D eigenvalue weighted by molar-refractivity contribution is -0.144. The summed E-state index contributed by atoms with van der Waals surface area (Å²) in [5.74, 6) is -0.758. The zero-order chi connectivity index (χ0) is 13.8. The van der Waals surface area contributed by atoms with E-state index >= 15 is 0 Å². The number of carbonyl (C=O) groups excluding carboxylic acids is 1. The van der Waals surface area contributed by atoms with Crippen molar-refractivity contribution < 1.29 is 13.9 Å². The molecule has 0 spiro atoms. The van der Waals surface area contributed by atoms with Crippen molar-refractivity contribution in [3.63, 3.8) is 0 Å². The minimum atomic E-state index is -0.469. The third-order valence-corrected chi connectivity index (χ3v) is 3.15. The van der Waals surface area contributed by atoms with E-state index in [2.05, 4.69) is 0 Å². The van der Waals surface area contributed by atoms with Crippen LogP contribution in [0.3, 0.4) is 0 Å². The van der Waals surface area contributed by atoms with E-state index in [4.69, 9.17) is 10.00 Å². The molecular formula is C14H15FN2O2. The van der Waals surface area contributed by atoms with Gasteiger partial charge in [-0.1, -0.05) is 0 Å². The highest BCUT2D eigenvalue weighted by Crippen LogP contribution is 2.27. The number of rotatable bonds is 3. The van der Waals surface area contributed by atoms with Crippen LogP contribution in [-0.2, 0) is 9.53 Å². The first kappa shape index (κ1) is 13.3. The molecule has 5 heteroatoms. The Bertz CT molecular complexity index is 525. The Morgan fingerprint density at radius 3 is 3.05 bits per heavy atom. The van der Waals surface area contributed by atoms with Crippen molar-refractivity contribution in [2.24, 2.45) is 0 Å². The van der Waals surface area contributed by atoms with Gasteiger partial charge in [-0.05, 0) is 38.0 Å². The summed E-state index contributed by atoms with van der Waals surface area (Å²) in [7, 11) is 0. The number of hydrogen-bond acceptors (Lipinski definition) is 4. The molecule has 0 amide bonds. The van der Waals surface area contributed by atoms with E-state index < -0.39 is 5.82 Å². The molecule has 4 nitrogen and oxygen atoms in total. The van der Waals surface area contributed by atoms with Gasteiger partial charge >= 0.3 is 5.97 Å². The molecule has 1 aromatic rings. The molecule has 1 fully saturated rings. The molecule has 0 saturated carbocycles. The van der Waals surface area contributed by atoms with Crippen molar-refractivity contribution in [2.75, 3.05) is 18.1 Å². The predicted octanol–water partition coefficient (Wildman–Crippen LogP) is 2.23. The summed E-state index contributed by atoms with van der Waals surface area (Å²) in [5.41, 5.74) is 0.816. The van der Waals surface area contributed by atoms with Crippen molar-refractivity contribution in [3.8, 4) is 6.07 Å². The molecule has 0 radical (unpaired) electrons. The second kappa shape index (κ2) is 5.70. The average molecular weight is 262 g/mol. The molecule has 1 atom stereocenters. The molecule has 0 aromatic heterocycles. The minimum Gasteiger partial charge on any atom is -0.464 e. The molecule has 1 aliphatic rings. The number of nitriles is 1. The minimum absolute atomic E-state index is 0.254. The first-order valence-corrected chi connectivity index (χ1v) is 6.29. The van der Waals surface area contributed by atoms with E-state index in [-0.39, 0.29) is 17.6 Å². The third-order valence-electron chi connectivity index (χ3n) is 3.15. The van der Waals surface area contributed by atoms with Crippen LogP contribution in [0.15, 0.2) is 18.2 Å². The maximum atomic E-state index is 13.5. The number of esters is 1. The fourth-order valence-electron chi connectivity index (χ4n) is 2.36. The van der Waals surface area contributed by atoms with Crippen molar-refractivity contribution in [3.05, 3.63) is 29.6 Å². The second-order valence-corrected chi connectivity index (χ2v) is 4.41. The standard InChI is InChI=1S/C14H15FN2O2/c1-2-19-14(18)13-4-3-5-17(13)12-7-10(9-16)6-11(15)8-12/h6-8,13H,2-5H2,1H3. The second-order valence-electron chi connectivity index (χ2n) is 4.41. The van der Waals surface area contributed by atoms with Crippen LogP contribution in [0.25, 0.3) is 0 Å². The van der Waals surface area contributed by atoms with E-state index in [0.717, 1.165) is 6.42 Å². The van der Waals surface area contributed by atoms with Crippen molar-refractivity contribution in [1.82, 2.24) is 0 Å². The van der Waals surface area contributed by atoms with Crippen molar-refractivity contribution in [1.29, 1.82) is 5.26 Å². The number of benzene rings is 1. The number of nitrogens with zero attached hydrogens (tertiary/aromatic N) is 2. The molecule has 19 heavy (non-hydrogen) atoms. The normalized spacial score (nSPS) is 18.2. The highest BCUT2D eigenvalue weighted by Gasteiger charge is 2.32. The van der Waals surface area contributed by atoms with Gasteiger partial charge in [-0.15, -0.1) is 0 Å². The largest absolute Gasteiger partial charge is 0.464 e. The van der Waals surface area contributed by atoms with Crippen LogP contribution in [0, 0.1) is 17.1 Å². The number of halogens is 1. The van der Waals surface area contributed by atoms with Crippen LogP contribution in [0.2, 0.25) is 0 Å². The average Bonchev–Trinajstić information content (AvgIpc) is 2.87. The molecule has 100 valence electrons. The maximum absolute atomic E-state index is 13.5. The summed E-state index contributed by atoms with van der Waals surface area (Å²) in [6, 6.07) is 5.66. The molecule has 1 aromatic carbocycles. The first-order valence-electron chi connectivity index (χ1n) is 6.29. The lowest BCUT2D eigenvalue weighted by atomic mass is 10.1. The van der Waals surface area contributed by atoms with Crippen molar-refractivity contribution >= 4 is 11.7 Å². The van der Waals surface area contributed by atoms with Gasteiger partial charge in [0.05, 0.1) is 18.2 Å². The van der Waals surface area contributed by atoms with Crippen LogP contribution >= 0.6 is 0 Å². The van der Waals surface area contributed by atoms with Gasteiger partial charge in [-0.2, -0.15) is 5.26 Å². The van der Waals surface area contributed by atoms with Gasteiger partial charge in [0, 0.05) is 12.2 Å². The molecule has 0 bridgehead atoms. The van der Waals surface area contributed by atoms with Crippen LogP contribution in [-0.4, -0.2) is 25.2 Å². The Labute approximate surface area is 111 Å². The van der Waals surface area contributed by atoms with Gasteiger partial charge < -0.3 is 9.64 Å². The lowest BCUT2D eigenvalue weighted by Gasteiger charge is -2.25. The van der Waals surface area contributed by atoms with Crippen LogP contribution in [0.1, 0.15) is 25.3 Å². The smallest absolute Gasteiger partial charge is 0.328 e. The summed E-state index contributed by atoms with van der Waals surface area (Å²) < 4.78 is 18.5. The quantitative estimate of drug-likeness (QED) is 0.784. The Morgan fingerprint density at radius 1 is 1.58 bits per heavy atom. The van der Waals surface area contributed by atoms with E-state index in [9.17, 15) is 9.18 Å². The molecule has 1 heterocycles. The zero-order valence-corrected chi connectivity index (χ0v) is 10.7. The molecule has 2 rings (SSSR count). The SMILES string of the molecule is CCOC(=O)C1CCCN1c1cc(F)cc(C#N)c1. The molecule has 0 aliphatic carbocycles. The number of anilines is 1.